The van der Waals surface area contributed by atoms with Crippen LogP contribution in [0.25, 0.3) is 65.5 Å². The zero-order valence-corrected chi connectivity index (χ0v) is 70.8. The Morgan fingerprint density at radius 1 is 0.454 bits per heavy atom. The molecule has 590 valence electrons. The Bertz CT molecular complexity index is 4490. The number of nitrogens with two attached hydrogens (primary N) is 4. The van der Waals surface area contributed by atoms with E-state index in [0.29, 0.717) is 67.8 Å². The van der Waals surface area contributed by atoms with Crippen LogP contribution in [-0.2, 0) is 41.8 Å². The highest BCUT2D eigenvalue weighted by atomic mass is 32.2. The van der Waals surface area contributed by atoms with Gasteiger partial charge in [0.25, 0.3) is 0 Å². The molecule has 108 heavy (non-hydrogen) atoms. The summed E-state index contributed by atoms with van der Waals surface area (Å²) in [6.07, 6.45) is 12.5. The number of aromatic nitrogens is 16. The van der Waals surface area contributed by atoms with Gasteiger partial charge in [0.2, 0.25) is 0 Å². The lowest BCUT2D eigenvalue weighted by Gasteiger charge is -2.40. The first kappa shape index (κ1) is 85.2. The van der Waals surface area contributed by atoms with Crippen molar-refractivity contribution in [3.63, 3.8) is 0 Å². The fraction of sp³-hybridized carbons (Fsp3) is 0.672. The van der Waals surface area contributed by atoms with Crippen LogP contribution in [0, 0.1) is 0 Å². The number of hydrogen-bond donors (Lipinski definition) is 6. The van der Waals surface area contributed by atoms with Crippen molar-refractivity contribution in [2.75, 3.05) is 71.0 Å². The normalized spacial score (nSPS) is 26.1. The minimum atomic E-state index is -2.16. The minimum absolute atomic E-state index is 0.000847. The summed E-state index contributed by atoms with van der Waals surface area (Å²) in [6, 6.07) is -1.32. The second-order valence-corrected chi connectivity index (χ2v) is 48.8. The molecule has 4 aliphatic rings. The van der Waals surface area contributed by atoms with E-state index in [-0.39, 0.29) is 57.1 Å². The third kappa shape index (κ3) is 18.2. The maximum atomic E-state index is 12.0. The summed E-state index contributed by atoms with van der Waals surface area (Å²) in [5, 5.41) is 29.2. The molecule has 12 rings (SSSR count). The average molecular weight is 1620 g/mol. The number of aliphatic hydroxyl groups is 2. The number of carbonyl (C=O) groups is 1. The molecule has 0 unspecified atom stereocenters. The van der Waals surface area contributed by atoms with Crippen molar-refractivity contribution in [3.8, 4) is 0 Å². The van der Waals surface area contributed by atoms with Crippen molar-refractivity contribution < 1.29 is 52.0 Å². The molecular weight excluding hydrogens is 1520 g/mol. The SMILES string of the molecule is CSC[C@H]1O[C@@H](n2cnc3c(N)ncnc32)[C@H](N=[N+]=[N-])[C@@H]1O.CSC[C@H]1O[C@@H](n2cnc3c(N)ncnc32)[C@H](N=[N+]=[N-])[C@H]1O[Si](C)(C)C(C)(C)C.CSC[C@H]1O[C@@H](n2cnc3c(N)ncnc32)[C@H](O)[C@H]1O[Si](C)(C)C(C)(C)C.CSC[C@H]1O[C@@H](n2cnc3c(N)ncnc32)[C@H](OC(C)=O)[C@H]1O[Si](C)(C)C(C)(C)C. The first-order valence-electron chi connectivity index (χ1n) is 34.7. The first-order valence-corrected chi connectivity index (χ1v) is 49.0. The van der Waals surface area contributed by atoms with Crippen LogP contribution in [0.1, 0.15) is 94.1 Å². The number of nitrogens with zero attached hydrogens (tertiary/aromatic N) is 22. The van der Waals surface area contributed by atoms with E-state index in [2.05, 4.69) is 181 Å². The van der Waals surface area contributed by atoms with Crippen LogP contribution in [0.3, 0.4) is 0 Å². The molecule has 8 aromatic rings. The molecule has 10 N–H and O–H groups in total. The van der Waals surface area contributed by atoms with Crippen LogP contribution < -0.4 is 22.9 Å². The molecule has 4 fully saturated rings. The van der Waals surface area contributed by atoms with Crippen LogP contribution in [0.2, 0.25) is 54.4 Å². The van der Waals surface area contributed by atoms with Gasteiger partial charge >= 0.3 is 5.97 Å². The molecule has 0 amide bonds. The van der Waals surface area contributed by atoms with Crippen LogP contribution >= 0.6 is 47.0 Å². The second-order valence-electron chi connectivity index (χ2n) is 30.9. The lowest BCUT2D eigenvalue weighted by atomic mass is 10.1. The molecule has 0 aliphatic carbocycles. The number of thioether (sulfide) groups is 4. The molecule has 16 atom stereocenters. The van der Waals surface area contributed by atoms with Gasteiger partial charge in [-0.25, -0.2) is 59.8 Å². The van der Waals surface area contributed by atoms with Gasteiger partial charge in [0.05, 0.1) is 61.9 Å². The number of azide groups is 2. The molecule has 0 radical (unpaired) electrons. The Labute approximate surface area is 646 Å². The molecule has 8 aromatic heterocycles. The van der Waals surface area contributed by atoms with E-state index >= 15 is 0 Å². The third-order valence-electron chi connectivity index (χ3n) is 20.6. The smallest absolute Gasteiger partial charge is 0.303 e. The van der Waals surface area contributed by atoms with Gasteiger partial charge in [0.1, 0.15) is 90.2 Å². The van der Waals surface area contributed by atoms with Crippen molar-refractivity contribution in [3.05, 3.63) is 71.5 Å². The lowest BCUT2D eigenvalue weighted by molar-refractivity contribution is -0.155. The van der Waals surface area contributed by atoms with E-state index in [9.17, 15) is 20.5 Å². The van der Waals surface area contributed by atoms with Crippen molar-refractivity contribution >= 4 is 146 Å². The molecule has 4 aliphatic heterocycles. The highest BCUT2D eigenvalue weighted by molar-refractivity contribution is 7.99. The van der Waals surface area contributed by atoms with E-state index in [0.717, 1.165) is 11.5 Å². The van der Waals surface area contributed by atoms with E-state index in [4.69, 9.17) is 65.4 Å². The number of nitrogen functional groups attached to an aromatic ring is 4. The number of carbonyl (C=O) groups excluding carboxylic acids is 1. The Morgan fingerprint density at radius 3 is 1.12 bits per heavy atom. The predicted octanol–water partition coefficient (Wildman–Crippen LogP) is 9.86. The summed E-state index contributed by atoms with van der Waals surface area (Å²) in [7, 11) is -6.37. The van der Waals surface area contributed by atoms with Crippen molar-refractivity contribution in [2.24, 2.45) is 10.2 Å². The van der Waals surface area contributed by atoms with Crippen LogP contribution in [0.4, 0.5) is 23.3 Å². The summed E-state index contributed by atoms with van der Waals surface area (Å²) in [6.45, 7) is 34.1. The zero-order valence-electron chi connectivity index (χ0n) is 64.5. The minimum Gasteiger partial charge on any atom is -0.455 e. The summed E-state index contributed by atoms with van der Waals surface area (Å²) >= 11 is 6.54. The van der Waals surface area contributed by atoms with Crippen molar-refractivity contribution in [1.82, 2.24) is 78.1 Å². The molecule has 44 heteroatoms. The first-order chi connectivity index (χ1) is 50.8. The van der Waals surface area contributed by atoms with Gasteiger partial charge in [0, 0.05) is 39.8 Å². The predicted molar refractivity (Wildman–Crippen MR) is 428 cm³/mol. The molecule has 4 saturated heterocycles. The molecular formula is C64H102N26O11S4Si3. The molecule has 37 nitrogen and oxygen atoms in total. The maximum absolute atomic E-state index is 12.0. The fourth-order valence-corrected chi connectivity index (χ4v) is 18.2. The van der Waals surface area contributed by atoms with E-state index in [1.54, 1.807) is 72.5 Å². The van der Waals surface area contributed by atoms with Gasteiger partial charge in [-0.15, -0.1) is 0 Å². The molecule has 12 heterocycles. The summed E-state index contributed by atoms with van der Waals surface area (Å²) < 4.78 is 57.5. The number of esters is 1. The second kappa shape index (κ2) is 34.8. The van der Waals surface area contributed by atoms with Crippen molar-refractivity contribution in [1.29, 1.82) is 0 Å². The molecule has 0 spiro atoms. The van der Waals surface area contributed by atoms with Gasteiger partial charge < -0.3 is 70.1 Å². The van der Waals surface area contributed by atoms with E-state index in [1.165, 1.54) is 50.3 Å². The fourth-order valence-electron chi connectivity index (χ4n) is 11.9. The monoisotopic (exact) mass is 1620 g/mol. The van der Waals surface area contributed by atoms with Crippen LogP contribution in [-0.4, -0.2) is 240 Å². The number of anilines is 4. The van der Waals surface area contributed by atoms with Gasteiger partial charge in [-0.1, -0.05) is 72.5 Å². The van der Waals surface area contributed by atoms with Crippen LogP contribution in [0.5, 0.6) is 0 Å². The summed E-state index contributed by atoms with van der Waals surface area (Å²) in [4.78, 5) is 67.9. The van der Waals surface area contributed by atoms with Crippen molar-refractivity contribution in [2.45, 2.75) is 222 Å². The Kier molecular flexibility index (Phi) is 27.5. The standard InChI is InChI=1S/C19H31N5O4SSi.C17H28N8O2SSi.C17H29N5O3SSi.C11H14N8O2S/c1-11(25)26-15-14(28-30(6,7)19(2,3)4)12(8-29-5)27-18(15)24-10-23-13-16(20)21-9-22-17(13)24;1-17(2,3)29(5,6)27-13-10(7-28-4)26-16(11(13)23-24-19)25-9-22-12-14(18)20-8-21-15(12)25;1-17(2,3)27(5,6)25-13-10(7-26-4)24-16(12(13)23)22-9-21-11-14(18)19-8-20-15(11)22;1-22-2-5-8(20)6(17-18-13)11(21-5)19-4-16-7-9(12)14-3-15-10(7)19/h9-10,12,14-15,18H,8H2,1-7H3,(H2,20,21,22);8-11,13,16H,7H2,1-6H3,(H2,18,20,21);8-10,12-13,16,23H,7H2,1-6H3,(H2,18,19,20);3-6,8,11,20H,2H2,1H3,(H2,12,14,15)/t12-,14+,15-,18-;10-,11-,13+,16-;10-,12-,13+,16-;5-,6-,8-,11-/m1111/s1. The topological polar surface area (TPSA) is 507 Å². The lowest BCUT2D eigenvalue weighted by Crippen LogP contribution is -2.50. The number of imidazole rings is 4. The summed E-state index contributed by atoms with van der Waals surface area (Å²) in [5.41, 5.74) is 45.5. The van der Waals surface area contributed by atoms with Gasteiger partial charge in [-0.2, -0.15) is 47.0 Å². The Morgan fingerprint density at radius 2 is 0.750 bits per heavy atom. The van der Waals surface area contributed by atoms with Gasteiger partial charge in [-0.3, -0.25) is 23.1 Å². The van der Waals surface area contributed by atoms with Gasteiger partial charge in [0.15, 0.2) is 89.4 Å². The Hall–Kier alpha value is -6.82. The molecule has 0 aromatic carbocycles. The largest absolute Gasteiger partial charge is 0.455 e. The molecule has 0 bridgehead atoms. The van der Waals surface area contributed by atoms with Gasteiger partial charge in [-0.05, 0) is 90.5 Å². The number of rotatable bonds is 21. The average Bonchev–Trinajstić information content (AvgIpc) is 1.62. The number of fused-ring (bicyclic) bond motifs is 4. The summed E-state index contributed by atoms with van der Waals surface area (Å²) in [5.74, 6) is 3.49. The van der Waals surface area contributed by atoms with E-state index < -0.39 is 98.6 Å². The number of ether oxygens (including phenoxy) is 5. The molecule has 0 saturated carbocycles. The highest BCUT2D eigenvalue weighted by Crippen LogP contribution is 2.47. The third-order valence-corrected chi connectivity index (χ3v) is 36.7. The number of hydrogen-bond acceptors (Lipinski definition) is 33. The Balaban J connectivity index is 0.000000167. The zero-order chi connectivity index (χ0) is 79.3. The quantitative estimate of drug-likeness (QED) is 0.0128. The maximum Gasteiger partial charge on any atom is 0.303 e. The van der Waals surface area contributed by atoms with E-state index in [1.807, 2.05) is 25.0 Å². The van der Waals surface area contributed by atoms with Crippen LogP contribution in [0.15, 0.2) is 60.8 Å². The number of aliphatic hydroxyl groups excluding tert-OH is 2. The highest BCUT2D eigenvalue weighted by Gasteiger charge is 2.55.